The van der Waals surface area contributed by atoms with E-state index in [0.29, 0.717) is 19.3 Å². The molecule has 0 unspecified atom stereocenters. The van der Waals surface area contributed by atoms with Crippen molar-refractivity contribution in [1.82, 2.24) is 0 Å². The Morgan fingerprint density at radius 1 is 1.09 bits per heavy atom. The van der Waals surface area contributed by atoms with Crippen LogP contribution in [-0.2, 0) is 38.1 Å². The lowest BCUT2D eigenvalue weighted by Crippen LogP contribution is -2.72. The first kappa shape index (κ1) is 26.0. The minimum Gasteiger partial charge on any atom is -0.469 e. The molecule has 8 nitrogen and oxygen atoms in total. The number of fused-ring (bicyclic) bond motifs is 2. The zero-order valence-corrected chi connectivity index (χ0v) is 21.9. The summed E-state index contributed by atoms with van der Waals surface area (Å²) in [5, 5.41) is 0. The highest BCUT2D eigenvalue weighted by atomic mass is 16.6. The molecule has 0 aromatic heterocycles. The number of esters is 4. The van der Waals surface area contributed by atoms with E-state index >= 15 is 0 Å². The molecule has 0 radical (unpaired) electrons. The van der Waals surface area contributed by atoms with Crippen molar-refractivity contribution >= 4 is 23.9 Å². The van der Waals surface area contributed by atoms with Gasteiger partial charge in [-0.1, -0.05) is 34.1 Å². The molecule has 3 saturated carbocycles. The third-order valence-electron chi connectivity index (χ3n) is 9.68. The van der Waals surface area contributed by atoms with Gasteiger partial charge in [-0.05, 0) is 48.9 Å². The number of hydrogen-bond acceptors (Lipinski definition) is 8. The highest BCUT2D eigenvalue weighted by molar-refractivity contribution is 5.85. The summed E-state index contributed by atoms with van der Waals surface area (Å²) in [6.45, 7) is 9.93. The molecular weight excluding hydrogens is 452 g/mol. The minimum absolute atomic E-state index is 0.0389. The Kier molecular flexibility index (Phi) is 6.73. The zero-order valence-electron chi connectivity index (χ0n) is 21.9. The molecule has 1 saturated heterocycles. The van der Waals surface area contributed by atoms with Crippen LogP contribution in [0.15, 0.2) is 0 Å². The second-order valence-corrected chi connectivity index (χ2v) is 12.0. The van der Waals surface area contributed by atoms with Crippen LogP contribution in [0.4, 0.5) is 0 Å². The second kappa shape index (κ2) is 9.07. The Balaban J connectivity index is 1.94. The second-order valence-electron chi connectivity index (χ2n) is 12.0. The minimum atomic E-state index is -0.963. The lowest BCUT2D eigenvalue weighted by molar-refractivity contribution is -0.277. The van der Waals surface area contributed by atoms with Gasteiger partial charge in [-0.15, -0.1) is 0 Å². The van der Waals surface area contributed by atoms with E-state index in [4.69, 9.17) is 18.9 Å². The molecule has 1 heterocycles. The van der Waals surface area contributed by atoms with E-state index in [1.54, 1.807) is 0 Å². The fraction of sp³-hybridized carbons (Fsp3) is 0.852. The predicted molar refractivity (Wildman–Crippen MR) is 125 cm³/mol. The van der Waals surface area contributed by atoms with Gasteiger partial charge in [0.2, 0.25) is 0 Å². The van der Waals surface area contributed by atoms with E-state index in [1.807, 2.05) is 6.92 Å². The van der Waals surface area contributed by atoms with Crippen LogP contribution in [0.2, 0.25) is 0 Å². The Morgan fingerprint density at radius 2 is 1.80 bits per heavy atom. The Bertz CT molecular complexity index is 896. The Labute approximate surface area is 207 Å². The molecule has 3 aliphatic carbocycles. The van der Waals surface area contributed by atoms with Gasteiger partial charge in [-0.2, -0.15) is 0 Å². The van der Waals surface area contributed by atoms with Crippen LogP contribution in [0.1, 0.15) is 79.6 Å². The van der Waals surface area contributed by atoms with Crippen LogP contribution in [0.5, 0.6) is 0 Å². The molecule has 0 aromatic carbocycles. The van der Waals surface area contributed by atoms with Gasteiger partial charge < -0.3 is 18.9 Å². The SMILES string of the molecule is CCCC(=O)O[C@H]1[C@@H](OC(C)=O)[C@@]23COC(=O)[C@@H]2[C@H](C(=O)OC)CC[C@@H]3[C@@]2(C)CCCC(C)(C)[C@H]12. The molecule has 4 fully saturated rings. The average Bonchev–Trinajstić information content (AvgIpc) is 3.12. The molecule has 35 heavy (non-hydrogen) atoms. The van der Waals surface area contributed by atoms with Gasteiger partial charge in [0, 0.05) is 19.3 Å². The first-order valence-electron chi connectivity index (χ1n) is 13.0. The number of methoxy groups -OCH3 is 1. The molecule has 4 aliphatic rings. The number of cyclic esters (lactones) is 1. The van der Waals surface area contributed by atoms with Crippen LogP contribution >= 0.6 is 0 Å². The normalized spacial score (nSPS) is 41.5. The van der Waals surface area contributed by atoms with Gasteiger partial charge in [0.1, 0.15) is 18.8 Å². The van der Waals surface area contributed by atoms with Crippen LogP contribution in [-0.4, -0.2) is 49.8 Å². The number of hydrogen-bond donors (Lipinski definition) is 0. The summed E-state index contributed by atoms with van der Waals surface area (Å²) in [6.07, 6.45) is 3.35. The maximum Gasteiger partial charge on any atom is 0.310 e. The third-order valence-corrected chi connectivity index (χ3v) is 9.68. The summed E-state index contributed by atoms with van der Waals surface area (Å²) in [4.78, 5) is 51.5. The van der Waals surface area contributed by atoms with Crippen LogP contribution in [0.25, 0.3) is 0 Å². The van der Waals surface area contributed by atoms with Crippen molar-refractivity contribution in [1.29, 1.82) is 0 Å². The molecule has 1 spiro atoms. The highest BCUT2D eigenvalue weighted by Crippen LogP contribution is 2.71. The standard InChI is InChI=1S/C27H40O8/c1-7-9-18(29)35-20-21-25(3,4)12-8-13-26(21,5)17-11-10-16(23(30)32-6)19-24(31)33-14-27(17,19)22(20)34-15(2)28/h16-17,19-22H,7-14H2,1-6H3/t16-,17-,19+,20-,21+,22-,26-,27-/m1/s1. The Morgan fingerprint density at radius 3 is 2.43 bits per heavy atom. The van der Waals surface area contributed by atoms with Crippen molar-refractivity contribution in [3.63, 3.8) is 0 Å². The number of ether oxygens (including phenoxy) is 4. The van der Waals surface area contributed by atoms with E-state index in [1.165, 1.54) is 14.0 Å². The molecule has 0 N–H and O–H groups in total. The lowest BCUT2D eigenvalue weighted by Gasteiger charge is -2.68. The van der Waals surface area contributed by atoms with Crippen LogP contribution < -0.4 is 0 Å². The smallest absolute Gasteiger partial charge is 0.310 e. The summed E-state index contributed by atoms with van der Waals surface area (Å²) in [7, 11) is 1.32. The molecule has 0 bridgehead atoms. The van der Waals surface area contributed by atoms with E-state index < -0.39 is 47.4 Å². The van der Waals surface area contributed by atoms with Gasteiger partial charge in [-0.3, -0.25) is 19.2 Å². The van der Waals surface area contributed by atoms with E-state index in [-0.39, 0.29) is 41.7 Å². The van der Waals surface area contributed by atoms with Gasteiger partial charge >= 0.3 is 23.9 Å². The topological polar surface area (TPSA) is 105 Å². The number of carbonyl (C=O) groups excluding carboxylic acids is 4. The van der Waals surface area contributed by atoms with Crippen molar-refractivity contribution < 1.29 is 38.1 Å². The summed E-state index contributed by atoms with van der Waals surface area (Å²) in [6, 6.07) is 0. The van der Waals surface area contributed by atoms with Crippen LogP contribution in [0.3, 0.4) is 0 Å². The largest absolute Gasteiger partial charge is 0.469 e. The Hall–Kier alpha value is -2.12. The molecule has 0 amide bonds. The first-order valence-corrected chi connectivity index (χ1v) is 13.0. The third kappa shape index (κ3) is 3.86. The fourth-order valence-corrected chi connectivity index (χ4v) is 8.76. The van der Waals surface area contributed by atoms with Crippen molar-refractivity contribution in [2.45, 2.75) is 91.8 Å². The van der Waals surface area contributed by atoms with Gasteiger partial charge in [0.05, 0.1) is 24.4 Å². The predicted octanol–water partition coefficient (Wildman–Crippen LogP) is 3.83. The van der Waals surface area contributed by atoms with Crippen molar-refractivity contribution in [2.75, 3.05) is 13.7 Å². The van der Waals surface area contributed by atoms with Crippen molar-refractivity contribution in [2.24, 2.45) is 39.9 Å². The molecule has 0 aromatic rings. The molecule has 8 heteroatoms. The maximum absolute atomic E-state index is 13.3. The monoisotopic (exact) mass is 492 g/mol. The first-order chi connectivity index (χ1) is 16.4. The summed E-state index contributed by atoms with van der Waals surface area (Å²) < 4.78 is 23.1. The quantitative estimate of drug-likeness (QED) is 0.421. The highest BCUT2D eigenvalue weighted by Gasteiger charge is 2.76. The van der Waals surface area contributed by atoms with Gasteiger partial charge in [0.15, 0.2) is 0 Å². The zero-order chi connectivity index (χ0) is 25.8. The summed E-state index contributed by atoms with van der Waals surface area (Å²) in [5.74, 6) is -3.37. The van der Waals surface area contributed by atoms with E-state index in [0.717, 1.165) is 19.3 Å². The molecule has 4 rings (SSSR count). The number of carbonyl (C=O) groups is 4. The van der Waals surface area contributed by atoms with Crippen LogP contribution in [0, 0.1) is 39.9 Å². The van der Waals surface area contributed by atoms with E-state index in [9.17, 15) is 19.2 Å². The number of rotatable bonds is 5. The van der Waals surface area contributed by atoms with E-state index in [2.05, 4.69) is 20.8 Å². The van der Waals surface area contributed by atoms with Crippen molar-refractivity contribution in [3.05, 3.63) is 0 Å². The fourth-order valence-electron chi connectivity index (χ4n) is 8.76. The lowest BCUT2D eigenvalue weighted by atomic mass is 9.37. The van der Waals surface area contributed by atoms with Gasteiger partial charge in [-0.25, -0.2) is 0 Å². The molecule has 8 atom stereocenters. The molecular formula is C27H40O8. The average molecular weight is 493 g/mol. The molecule has 1 aliphatic heterocycles. The van der Waals surface area contributed by atoms with Crippen molar-refractivity contribution in [3.8, 4) is 0 Å². The molecule has 196 valence electrons. The summed E-state index contributed by atoms with van der Waals surface area (Å²) >= 11 is 0. The van der Waals surface area contributed by atoms with Gasteiger partial charge in [0.25, 0.3) is 0 Å². The summed E-state index contributed by atoms with van der Waals surface area (Å²) in [5.41, 5.74) is -1.43. The maximum atomic E-state index is 13.3.